The first-order chi connectivity index (χ1) is 50.1. The Morgan fingerprint density at radius 2 is 0.430 bits per heavy atom. The summed E-state index contributed by atoms with van der Waals surface area (Å²) in [7, 11) is 0.0591. The SMILES string of the molecule is C[Si](C)c1ccccc1.Cc1cc2c(-c3cccc4ccccc34)cccc2[cH-]1.Cc1cc2c(-c3cccc4ccccc34)cccc2[cH-]1.Cc1cc2c(-c3cccc4ccccc34)cccc2[cH-]1.Cc1cc2c(-c3cccc4ccccc34)cccc2[cH-]1.[CH3-].[Cl-].[Cl-].[Hf+4].[Hf].c1ccc([SiH]c2ccccc2)cc1. The fourth-order valence-electron chi connectivity index (χ4n) is 14.4. The molecule has 0 spiro atoms. The minimum absolute atomic E-state index is 0. The van der Waals surface area contributed by atoms with Crippen molar-refractivity contribution in [3.8, 4) is 44.5 Å². The van der Waals surface area contributed by atoms with Crippen LogP contribution >= 0.6 is 0 Å². The molecule has 0 aromatic heterocycles. The molecular weight excluding hydrogens is 1700 g/mol. The third-order valence-corrected chi connectivity index (χ3v) is 22.1. The van der Waals surface area contributed by atoms with Crippen molar-refractivity contribution in [2.75, 3.05) is 0 Å². The van der Waals surface area contributed by atoms with E-state index in [-0.39, 0.29) is 102 Å². The second kappa shape index (κ2) is 38.9. The molecule has 6 heteroatoms. The zero-order valence-electron chi connectivity index (χ0n) is 61.7. The zero-order valence-corrected chi connectivity index (χ0v) is 72.6. The van der Waals surface area contributed by atoms with Crippen LogP contribution in [-0.4, -0.2) is 18.3 Å². The van der Waals surface area contributed by atoms with E-state index >= 15 is 0 Å². The Kier molecular flexibility index (Phi) is 29.7. The van der Waals surface area contributed by atoms with Crippen LogP contribution in [0.15, 0.2) is 382 Å². The summed E-state index contributed by atoms with van der Waals surface area (Å²) in [6, 6.07) is 137. The van der Waals surface area contributed by atoms with Crippen molar-refractivity contribution in [2.45, 2.75) is 40.8 Å². The van der Waals surface area contributed by atoms with Gasteiger partial charge in [0.05, 0.1) is 8.80 Å². The molecule has 0 nitrogen and oxygen atoms in total. The molecule has 0 aliphatic carbocycles. The summed E-state index contributed by atoms with van der Waals surface area (Å²) in [4.78, 5) is 0. The van der Waals surface area contributed by atoms with Crippen molar-refractivity contribution in [1.29, 1.82) is 0 Å². The van der Waals surface area contributed by atoms with Crippen LogP contribution in [0.5, 0.6) is 0 Å². The maximum absolute atomic E-state index is 2.31. The standard InChI is InChI=1S/4C20H15.C12H11Si.C8H11Si.CH3.2ClH.2Hf/c4*1-14-12-16-8-5-11-19(20(16)13-14)18-10-4-7-15-6-2-3-9-17(15)18;1-3-7-11(8-4-1)13-12-9-5-2-6-10-12;1-9(2)8-6-4-3-5-7-8;;;;;/h4*2-13H,1H3;1-10,13H;3-7H,1-2H3;1H3;2*1H;;/q4*-1;;;-1;;;;+4/p-2. The first-order valence-corrected chi connectivity index (χ1v) is 39.1. The van der Waals surface area contributed by atoms with Crippen LogP contribution in [0.25, 0.3) is 131 Å². The predicted octanol–water partition coefficient (Wildman–Crippen LogP) is 19.9. The molecule has 522 valence electrons. The fraction of sp³-hybridized carbons (Fsp3) is 0.0594. The molecule has 0 saturated heterocycles. The van der Waals surface area contributed by atoms with Gasteiger partial charge in [0.15, 0.2) is 0 Å². The third-order valence-electron chi connectivity index (χ3n) is 19.2. The molecule has 0 heterocycles. The van der Waals surface area contributed by atoms with Crippen molar-refractivity contribution >= 4 is 120 Å². The van der Waals surface area contributed by atoms with Gasteiger partial charge in [-0.25, -0.2) is 0 Å². The summed E-state index contributed by atoms with van der Waals surface area (Å²) in [6.45, 7) is 13.2. The minimum Gasteiger partial charge on any atom is -1.00 e. The van der Waals surface area contributed by atoms with E-state index in [9.17, 15) is 0 Å². The number of hydrogen-bond donors (Lipinski definition) is 0. The molecule has 0 atom stereocenters. The van der Waals surface area contributed by atoms with Crippen LogP contribution in [0.3, 0.4) is 0 Å². The Balaban J connectivity index is 0.000000149. The van der Waals surface area contributed by atoms with Gasteiger partial charge in [0.1, 0.15) is 9.52 Å². The van der Waals surface area contributed by atoms with Gasteiger partial charge in [-0.05, 0) is 65.3 Å². The molecule has 19 aromatic rings. The van der Waals surface area contributed by atoms with Gasteiger partial charge in [0.25, 0.3) is 0 Å². The molecule has 19 rings (SSSR count). The van der Waals surface area contributed by atoms with E-state index in [2.05, 4.69) is 423 Å². The summed E-state index contributed by atoms with van der Waals surface area (Å²) in [5.74, 6) is 0. The van der Waals surface area contributed by atoms with Crippen LogP contribution in [-0.2, 0) is 51.7 Å². The van der Waals surface area contributed by atoms with E-state index in [1.165, 1.54) is 169 Å². The monoisotopic (exact) mass is 1780 g/mol. The van der Waals surface area contributed by atoms with E-state index in [0.29, 0.717) is 0 Å². The van der Waals surface area contributed by atoms with Crippen LogP contribution in [0.2, 0.25) is 13.1 Å². The molecule has 0 bridgehead atoms. The van der Waals surface area contributed by atoms with Crippen molar-refractivity contribution in [3.63, 3.8) is 0 Å². The zero-order chi connectivity index (χ0) is 69.7. The molecule has 0 N–H and O–H groups in total. The summed E-state index contributed by atoms with van der Waals surface area (Å²) in [6.07, 6.45) is 0. The number of aryl methyl sites for hydroxylation is 4. The second-order valence-electron chi connectivity index (χ2n) is 26.8. The average Bonchev–Trinajstić information content (AvgIpc) is 1.76. The van der Waals surface area contributed by atoms with Gasteiger partial charge in [0.2, 0.25) is 0 Å². The van der Waals surface area contributed by atoms with Crippen molar-refractivity contribution in [2.24, 2.45) is 0 Å². The van der Waals surface area contributed by atoms with Crippen LogP contribution in [0.4, 0.5) is 0 Å². The molecular formula is C101H85Cl2Hf2Si2-3. The van der Waals surface area contributed by atoms with Gasteiger partial charge in [-0.3, -0.25) is 0 Å². The maximum Gasteiger partial charge on any atom is 4.00 e. The van der Waals surface area contributed by atoms with E-state index < -0.39 is 0 Å². The first-order valence-electron chi connectivity index (χ1n) is 35.4. The van der Waals surface area contributed by atoms with Crippen LogP contribution in [0.1, 0.15) is 22.3 Å². The molecule has 0 amide bonds. The Morgan fingerprint density at radius 1 is 0.234 bits per heavy atom. The van der Waals surface area contributed by atoms with E-state index in [4.69, 9.17) is 0 Å². The molecule has 0 unspecified atom stereocenters. The average molecular weight is 1780 g/mol. The van der Waals surface area contributed by atoms with E-state index in [0.717, 1.165) is 0 Å². The largest absolute Gasteiger partial charge is 4.00 e. The minimum atomic E-state index is -0.212. The molecule has 0 aliphatic rings. The van der Waals surface area contributed by atoms with Gasteiger partial charge in [0, 0.05) is 25.8 Å². The smallest absolute Gasteiger partial charge is 1.00 e. The van der Waals surface area contributed by atoms with Gasteiger partial charge in [-0.15, -0.1) is 138 Å². The Bertz CT molecular complexity index is 5340. The topological polar surface area (TPSA) is 0 Å². The van der Waals surface area contributed by atoms with Crippen LogP contribution in [0, 0.1) is 35.1 Å². The van der Waals surface area contributed by atoms with Gasteiger partial charge < -0.3 is 32.2 Å². The summed E-state index contributed by atoms with van der Waals surface area (Å²) in [5.41, 5.74) is 15.9. The number of hydrogen-bond acceptors (Lipinski definition) is 0. The number of benzene rings is 15. The van der Waals surface area contributed by atoms with Crippen LogP contribution < -0.4 is 40.4 Å². The van der Waals surface area contributed by atoms with Crippen molar-refractivity contribution in [3.05, 3.63) is 412 Å². The van der Waals surface area contributed by atoms with Crippen molar-refractivity contribution < 1.29 is 76.5 Å². The quantitative estimate of drug-likeness (QED) is 0.110. The molecule has 107 heavy (non-hydrogen) atoms. The molecule has 0 aliphatic heterocycles. The second-order valence-corrected chi connectivity index (χ2v) is 31.0. The number of rotatable bonds is 7. The van der Waals surface area contributed by atoms with E-state index in [1.54, 1.807) is 0 Å². The van der Waals surface area contributed by atoms with Crippen molar-refractivity contribution in [1.82, 2.24) is 0 Å². The molecule has 2 radical (unpaired) electrons. The summed E-state index contributed by atoms with van der Waals surface area (Å²) < 4.78 is 0. The molecule has 19 aromatic carbocycles. The van der Waals surface area contributed by atoms with E-state index in [1.807, 2.05) is 0 Å². The van der Waals surface area contributed by atoms with Gasteiger partial charge in [-0.1, -0.05) is 364 Å². The summed E-state index contributed by atoms with van der Waals surface area (Å²) >= 11 is 0. The number of fused-ring (bicyclic) bond motifs is 8. The summed E-state index contributed by atoms with van der Waals surface area (Å²) in [5, 5.41) is 25.6. The Morgan fingerprint density at radius 3 is 0.664 bits per heavy atom. The van der Waals surface area contributed by atoms with Gasteiger partial charge >= 0.3 is 25.8 Å². The normalized spacial score (nSPS) is 10.5. The molecule has 0 saturated carbocycles. The van der Waals surface area contributed by atoms with Gasteiger partial charge in [-0.2, -0.15) is 24.3 Å². The maximum atomic E-state index is 2.31. The predicted molar refractivity (Wildman–Crippen MR) is 458 cm³/mol. The Hall–Kier alpha value is -9.47. The fourth-order valence-corrected chi connectivity index (χ4v) is 16.5. The third kappa shape index (κ3) is 19.5. The molecule has 0 fully saturated rings. The Labute approximate surface area is 687 Å². The number of halogens is 2. The first kappa shape index (κ1) is 81.6.